The second-order valence-corrected chi connectivity index (χ2v) is 6.38. The van der Waals surface area contributed by atoms with Crippen LogP contribution in [0.3, 0.4) is 0 Å². The molecule has 23 heavy (non-hydrogen) atoms. The number of rotatable bonds is 3. The summed E-state index contributed by atoms with van der Waals surface area (Å²) in [5.41, 5.74) is 10.2. The molecular weight excluding hydrogens is 288 g/mol. The third-order valence-corrected chi connectivity index (χ3v) is 4.03. The molecule has 1 aliphatic rings. The molecule has 0 aliphatic carbocycles. The quantitative estimate of drug-likeness (QED) is 0.905. The zero-order chi connectivity index (χ0) is 16.6. The first-order valence-corrected chi connectivity index (χ1v) is 7.66. The normalized spacial score (nSPS) is 19.4. The maximum absolute atomic E-state index is 6.55. The number of anilines is 2. The van der Waals surface area contributed by atoms with Crippen LogP contribution in [0.15, 0.2) is 30.6 Å². The monoisotopic (exact) mass is 310 g/mol. The number of fused-ring (bicyclic) bond motifs is 1. The van der Waals surface area contributed by atoms with Crippen molar-refractivity contribution < 1.29 is 0 Å². The number of hydrogen-bond donors (Lipinski definition) is 2. The highest BCUT2D eigenvalue weighted by atomic mass is 15.2. The molecule has 0 fully saturated rings. The fourth-order valence-electron chi connectivity index (χ4n) is 2.47. The molecule has 0 aromatic carbocycles. The Morgan fingerprint density at radius 3 is 2.70 bits per heavy atom. The van der Waals surface area contributed by atoms with Gasteiger partial charge in [-0.3, -0.25) is 4.98 Å². The predicted molar refractivity (Wildman–Crippen MR) is 93.2 cm³/mol. The van der Waals surface area contributed by atoms with Gasteiger partial charge in [0.05, 0.1) is 29.5 Å². The van der Waals surface area contributed by atoms with Gasteiger partial charge in [0.1, 0.15) is 5.69 Å². The summed E-state index contributed by atoms with van der Waals surface area (Å²) in [7, 11) is 3.96. The van der Waals surface area contributed by atoms with Crippen LogP contribution in [0.2, 0.25) is 0 Å². The molecule has 2 aromatic rings. The number of nitrogens with one attached hydrogen (secondary N) is 1. The van der Waals surface area contributed by atoms with Gasteiger partial charge in [0.15, 0.2) is 5.66 Å². The molecular formula is C17H22N6. The van der Waals surface area contributed by atoms with E-state index in [2.05, 4.69) is 34.3 Å². The van der Waals surface area contributed by atoms with Crippen LogP contribution in [0.4, 0.5) is 11.4 Å². The Balaban J connectivity index is 1.99. The number of aromatic nitrogens is 3. The average Bonchev–Trinajstić information content (AvgIpc) is 2.54. The van der Waals surface area contributed by atoms with Gasteiger partial charge in [0, 0.05) is 14.1 Å². The molecule has 6 nitrogen and oxygen atoms in total. The predicted octanol–water partition coefficient (Wildman–Crippen LogP) is 2.31. The van der Waals surface area contributed by atoms with Crippen LogP contribution in [0.1, 0.15) is 36.7 Å². The SMILES string of the molecule is CC(C)c1cnnc(C2(N)C=Cc3ncc(N(C)C)cc3N2)c1. The highest BCUT2D eigenvalue weighted by Gasteiger charge is 2.30. The minimum absolute atomic E-state index is 0.370. The lowest BCUT2D eigenvalue weighted by Gasteiger charge is -2.32. The first-order chi connectivity index (χ1) is 10.9. The van der Waals surface area contributed by atoms with Crippen molar-refractivity contribution in [2.24, 2.45) is 5.73 Å². The van der Waals surface area contributed by atoms with Crippen molar-refractivity contribution in [1.29, 1.82) is 0 Å². The standard InChI is InChI=1S/C17H22N6/c1-11(2)12-7-16(22-20-9-12)17(18)6-5-14-15(21-17)8-13(10-19-14)23(3)4/h5-11,21H,18H2,1-4H3. The van der Waals surface area contributed by atoms with Gasteiger partial charge < -0.3 is 16.0 Å². The summed E-state index contributed by atoms with van der Waals surface area (Å²) in [5.74, 6) is 0.370. The van der Waals surface area contributed by atoms with Crippen molar-refractivity contribution in [2.75, 3.05) is 24.3 Å². The summed E-state index contributed by atoms with van der Waals surface area (Å²) in [6, 6.07) is 4.04. The first kappa shape index (κ1) is 15.4. The number of nitrogens with two attached hydrogens (primary N) is 1. The van der Waals surface area contributed by atoms with Crippen molar-refractivity contribution in [1.82, 2.24) is 15.2 Å². The van der Waals surface area contributed by atoms with Gasteiger partial charge in [-0.05, 0) is 35.8 Å². The van der Waals surface area contributed by atoms with Crippen molar-refractivity contribution in [3.8, 4) is 0 Å². The summed E-state index contributed by atoms with van der Waals surface area (Å²) < 4.78 is 0. The van der Waals surface area contributed by atoms with Crippen molar-refractivity contribution in [3.63, 3.8) is 0 Å². The van der Waals surface area contributed by atoms with E-state index in [1.807, 2.05) is 49.5 Å². The molecule has 3 N–H and O–H groups in total. The third kappa shape index (κ3) is 2.90. The van der Waals surface area contributed by atoms with Crippen molar-refractivity contribution in [3.05, 3.63) is 47.6 Å². The number of pyridine rings is 1. The van der Waals surface area contributed by atoms with Gasteiger partial charge in [-0.25, -0.2) is 0 Å². The lowest BCUT2D eigenvalue weighted by atomic mass is 9.97. The molecule has 0 saturated heterocycles. The van der Waals surface area contributed by atoms with Crippen LogP contribution in [-0.2, 0) is 5.66 Å². The van der Waals surface area contributed by atoms with E-state index in [1.165, 1.54) is 0 Å². The molecule has 1 atom stereocenters. The van der Waals surface area contributed by atoms with Crippen LogP contribution in [-0.4, -0.2) is 29.3 Å². The van der Waals surface area contributed by atoms with Gasteiger partial charge in [0.25, 0.3) is 0 Å². The van der Waals surface area contributed by atoms with E-state index in [1.54, 1.807) is 6.20 Å². The Hall–Kier alpha value is -2.47. The van der Waals surface area contributed by atoms with E-state index in [0.717, 1.165) is 22.6 Å². The van der Waals surface area contributed by atoms with Gasteiger partial charge in [-0.15, -0.1) is 0 Å². The van der Waals surface area contributed by atoms with E-state index in [9.17, 15) is 0 Å². The molecule has 6 heteroatoms. The van der Waals surface area contributed by atoms with E-state index in [-0.39, 0.29) is 0 Å². The smallest absolute Gasteiger partial charge is 0.151 e. The van der Waals surface area contributed by atoms with E-state index in [4.69, 9.17) is 5.73 Å². The van der Waals surface area contributed by atoms with E-state index < -0.39 is 5.66 Å². The van der Waals surface area contributed by atoms with Gasteiger partial charge in [-0.2, -0.15) is 10.2 Å². The topological polar surface area (TPSA) is 80.0 Å². The van der Waals surface area contributed by atoms with Gasteiger partial charge >= 0.3 is 0 Å². The van der Waals surface area contributed by atoms with Gasteiger partial charge in [0.2, 0.25) is 0 Å². The van der Waals surface area contributed by atoms with E-state index >= 15 is 0 Å². The zero-order valence-corrected chi connectivity index (χ0v) is 13.9. The molecule has 0 bridgehead atoms. The molecule has 0 spiro atoms. The maximum atomic E-state index is 6.55. The van der Waals surface area contributed by atoms with Crippen molar-refractivity contribution in [2.45, 2.75) is 25.4 Å². The molecule has 2 aromatic heterocycles. The first-order valence-electron chi connectivity index (χ1n) is 7.66. The van der Waals surface area contributed by atoms with Crippen molar-refractivity contribution >= 4 is 17.5 Å². The Morgan fingerprint density at radius 1 is 1.22 bits per heavy atom. The minimum Gasteiger partial charge on any atom is -0.376 e. The van der Waals surface area contributed by atoms with Crippen LogP contribution in [0.25, 0.3) is 6.08 Å². The summed E-state index contributed by atoms with van der Waals surface area (Å²) in [4.78, 5) is 6.47. The van der Waals surface area contributed by atoms with Crippen LogP contribution in [0, 0.1) is 0 Å². The molecule has 0 amide bonds. The molecule has 1 aliphatic heterocycles. The van der Waals surface area contributed by atoms with Gasteiger partial charge in [-0.1, -0.05) is 13.8 Å². The Labute approximate surface area is 136 Å². The zero-order valence-electron chi connectivity index (χ0n) is 13.9. The third-order valence-electron chi connectivity index (χ3n) is 4.03. The summed E-state index contributed by atoms with van der Waals surface area (Å²) in [6.45, 7) is 4.24. The summed E-state index contributed by atoms with van der Waals surface area (Å²) in [6.07, 6.45) is 7.43. The summed E-state index contributed by atoms with van der Waals surface area (Å²) in [5, 5.41) is 11.7. The molecule has 3 rings (SSSR count). The van der Waals surface area contributed by atoms with Crippen LogP contribution >= 0.6 is 0 Å². The fraction of sp³-hybridized carbons (Fsp3) is 0.353. The van der Waals surface area contributed by atoms with Crippen LogP contribution < -0.4 is 16.0 Å². The lowest BCUT2D eigenvalue weighted by molar-refractivity contribution is 0.605. The number of hydrogen-bond acceptors (Lipinski definition) is 6. The Bertz CT molecular complexity index is 752. The highest BCUT2D eigenvalue weighted by Crippen LogP contribution is 2.32. The maximum Gasteiger partial charge on any atom is 0.151 e. The molecule has 0 radical (unpaired) electrons. The molecule has 120 valence electrons. The van der Waals surface area contributed by atoms with E-state index in [0.29, 0.717) is 11.6 Å². The fourth-order valence-corrected chi connectivity index (χ4v) is 2.47. The molecule has 1 unspecified atom stereocenters. The highest BCUT2D eigenvalue weighted by molar-refractivity contribution is 5.73. The minimum atomic E-state index is -0.891. The van der Waals surface area contributed by atoms with Crippen LogP contribution in [0.5, 0.6) is 0 Å². The average molecular weight is 310 g/mol. The molecule has 0 saturated carbocycles. The Kier molecular flexibility index (Phi) is 3.77. The molecule has 3 heterocycles. The Morgan fingerprint density at radius 2 is 2.00 bits per heavy atom. The summed E-state index contributed by atoms with van der Waals surface area (Å²) >= 11 is 0. The second kappa shape index (κ2) is 5.62. The second-order valence-electron chi connectivity index (χ2n) is 6.38. The largest absolute Gasteiger partial charge is 0.376 e. The lowest BCUT2D eigenvalue weighted by Crippen LogP contribution is -2.45. The number of nitrogens with zero attached hydrogens (tertiary/aromatic N) is 4.